The van der Waals surface area contributed by atoms with Gasteiger partial charge in [-0.3, -0.25) is 0 Å². The van der Waals surface area contributed by atoms with Gasteiger partial charge in [0.15, 0.2) is 17.5 Å². The number of hydrogen-bond acceptors (Lipinski definition) is 6. The lowest BCUT2D eigenvalue weighted by molar-refractivity contribution is 1.07. The van der Waals surface area contributed by atoms with E-state index in [1.54, 1.807) is 0 Å². The second kappa shape index (κ2) is 23.3. The minimum absolute atomic E-state index is 0.112. The number of hydrogen-bond donors (Lipinski definition) is 0. The number of aromatic nitrogens is 4. The van der Waals surface area contributed by atoms with Gasteiger partial charge in [-0.1, -0.05) is 243 Å². The molecule has 7 nitrogen and oxygen atoms in total. The van der Waals surface area contributed by atoms with Crippen LogP contribution < -0.4 is 26.2 Å². The average molecular weight is 1220 g/mol. The van der Waals surface area contributed by atoms with E-state index in [9.17, 15) is 5.26 Å². The monoisotopic (exact) mass is 1220 g/mol. The molecule has 0 spiro atoms. The summed E-state index contributed by atoms with van der Waals surface area (Å²) in [6.45, 7) is -0.112. The molecular weight excluding hydrogens is 1170 g/mol. The first-order chi connectivity index (χ1) is 47.5. The largest absolute Gasteiger partial charge is 0.311 e. The Labute approximate surface area is 557 Å². The molecule has 96 heavy (non-hydrogen) atoms. The maximum Gasteiger partial charge on any atom is 0.252 e. The highest BCUT2D eigenvalue weighted by atomic mass is 15.2. The summed E-state index contributed by atoms with van der Waals surface area (Å²) in [5.74, 6) is 1.64. The number of benzene rings is 14. The van der Waals surface area contributed by atoms with Crippen LogP contribution in [0.25, 0.3) is 117 Å². The lowest BCUT2D eigenvalue weighted by Crippen LogP contribution is -2.61. The van der Waals surface area contributed by atoms with Crippen LogP contribution in [0, 0.1) is 11.3 Å². The van der Waals surface area contributed by atoms with E-state index in [1.165, 1.54) is 16.4 Å². The Hall–Kier alpha value is -13.0. The molecule has 0 radical (unpaired) electrons. The third kappa shape index (κ3) is 9.64. The van der Waals surface area contributed by atoms with Gasteiger partial charge in [0.2, 0.25) is 0 Å². The number of fused-ring (bicyclic) bond motifs is 7. The van der Waals surface area contributed by atoms with E-state index in [1.807, 2.05) is 72.8 Å². The minimum atomic E-state index is -0.112. The van der Waals surface area contributed by atoms with Crippen molar-refractivity contribution in [2.24, 2.45) is 0 Å². The molecule has 0 bridgehead atoms. The van der Waals surface area contributed by atoms with Crippen molar-refractivity contribution < 1.29 is 0 Å². The third-order valence-corrected chi connectivity index (χ3v) is 19.0. The third-order valence-electron chi connectivity index (χ3n) is 19.0. The van der Waals surface area contributed by atoms with Gasteiger partial charge >= 0.3 is 0 Å². The van der Waals surface area contributed by atoms with Crippen LogP contribution >= 0.6 is 0 Å². The summed E-state index contributed by atoms with van der Waals surface area (Å²) in [6, 6.07) is 124. The molecule has 446 valence electrons. The van der Waals surface area contributed by atoms with E-state index < -0.39 is 0 Å². The quantitative estimate of drug-likeness (QED) is 0.120. The fourth-order valence-electron chi connectivity index (χ4n) is 14.6. The van der Waals surface area contributed by atoms with E-state index in [4.69, 9.17) is 15.0 Å². The summed E-state index contributed by atoms with van der Waals surface area (Å²) in [7, 11) is 0. The maximum atomic E-state index is 11.1. The summed E-state index contributed by atoms with van der Waals surface area (Å²) in [5, 5.41) is 13.2. The van der Waals surface area contributed by atoms with Gasteiger partial charge in [0.25, 0.3) is 6.71 Å². The topological polar surface area (TPSA) is 73.9 Å². The maximum absolute atomic E-state index is 11.1. The number of anilines is 6. The predicted octanol–water partition coefficient (Wildman–Crippen LogP) is 20.3. The highest BCUT2D eigenvalue weighted by molar-refractivity contribution is 7.00. The molecule has 0 N–H and O–H groups in total. The fourth-order valence-corrected chi connectivity index (χ4v) is 14.6. The summed E-state index contributed by atoms with van der Waals surface area (Å²) >= 11 is 0. The highest BCUT2D eigenvalue weighted by Gasteiger charge is 2.44. The van der Waals surface area contributed by atoms with Gasteiger partial charge in [0.05, 0.1) is 22.3 Å². The molecular formula is C88H56BN7. The van der Waals surface area contributed by atoms with Crippen LogP contribution in [0.4, 0.5) is 34.1 Å². The predicted molar refractivity (Wildman–Crippen MR) is 396 cm³/mol. The van der Waals surface area contributed by atoms with Crippen LogP contribution in [0.2, 0.25) is 0 Å². The zero-order valence-corrected chi connectivity index (χ0v) is 52.0. The lowest BCUT2D eigenvalue weighted by Gasteiger charge is -2.44. The van der Waals surface area contributed by atoms with E-state index in [0.29, 0.717) is 23.0 Å². The van der Waals surface area contributed by atoms with Crippen molar-refractivity contribution in [3.8, 4) is 102 Å². The molecule has 2 aliphatic heterocycles. The van der Waals surface area contributed by atoms with Gasteiger partial charge in [0, 0.05) is 61.6 Å². The molecule has 0 aliphatic carbocycles. The Balaban J connectivity index is 0.883. The zero-order chi connectivity index (χ0) is 63.6. The smallest absolute Gasteiger partial charge is 0.252 e. The molecule has 16 aromatic rings. The minimum Gasteiger partial charge on any atom is -0.311 e. The number of para-hydroxylation sites is 3. The van der Waals surface area contributed by atoms with Gasteiger partial charge in [-0.05, 0) is 169 Å². The zero-order valence-electron chi connectivity index (χ0n) is 52.0. The normalized spacial score (nSPS) is 12.1. The summed E-state index contributed by atoms with van der Waals surface area (Å²) in [6.07, 6.45) is 0. The Morgan fingerprint density at radius 3 is 1.08 bits per heavy atom. The molecule has 0 amide bonds. The standard InChI is InChI=1S/C88H56BN7/c90-57-66-44-43-65(88-92-86(62-33-15-5-16-34-62)91-87(93-88)63-35-17-6-18-36-63)54-82(66)96-78-40-22-19-37-74(78)75-53-64(45-46-79(75)96)71-55-83-85-84(56-71)95(73-51-69(60-29-11-3-12-30-60)48-70(52-73)61-31-13-4-14-32-61)81-42-24-21-39-77(81)89(85)76-38-20-23-41-80(76)94(83)72-49-67(58-25-7-1-8-26-58)47-68(50-72)59-27-9-2-10-28-59/h1-56H. The Bertz CT molecular complexity index is 5360. The van der Waals surface area contributed by atoms with Crippen molar-refractivity contribution in [2.45, 2.75) is 0 Å². The van der Waals surface area contributed by atoms with E-state index in [-0.39, 0.29) is 6.71 Å². The van der Waals surface area contributed by atoms with E-state index in [0.717, 1.165) is 134 Å². The van der Waals surface area contributed by atoms with Crippen LogP contribution in [0.3, 0.4) is 0 Å². The molecule has 2 aromatic heterocycles. The van der Waals surface area contributed by atoms with E-state index >= 15 is 0 Å². The lowest BCUT2D eigenvalue weighted by atomic mass is 9.33. The molecule has 0 saturated carbocycles. The first kappa shape index (κ1) is 55.9. The van der Waals surface area contributed by atoms with Gasteiger partial charge < -0.3 is 14.4 Å². The number of nitriles is 1. The van der Waals surface area contributed by atoms with Crippen molar-refractivity contribution >= 4 is 79.0 Å². The Morgan fingerprint density at radius 1 is 0.260 bits per heavy atom. The SMILES string of the molecule is N#Cc1ccc(-c2nc(-c3ccccc3)nc(-c3ccccc3)n2)cc1-n1c2ccccc2c2cc(-c3cc4c5c(c3)N(c3cc(-c6ccccc6)cc(-c6ccccc6)c3)c3ccccc3B5c3ccccc3N4c3cc(-c4ccccc4)cc(-c4ccccc4)c3)ccc21. The van der Waals surface area contributed by atoms with Crippen LogP contribution in [0.1, 0.15) is 5.56 Å². The highest BCUT2D eigenvalue weighted by Crippen LogP contribution is 2.49. The summed E-state index contributed by atoms with van der Waals surface area (Å²) in [5.41, 5.74) is 27.1. The average Bonchev–Trinajstić information content (AvgIpc) is 1.48. The van der Waals surface area contributed by atoms with E-state index in [2.05, 4.69) is 287 Å². The second-order valence-corrected chi connectivity index (χ2v) is 24.6. The van der Waals surface area contributed by atoms with Crippen molar-refractivity contribution in [1.82, 2.24) is 19.5 Å². The number of rotatable bonds is 11. The van der Waals surface area contributed by atoms with Crippen molar-refractivity contribution in [1.29, 1.82) is 5.26 Å². The second-order valence-electron chi connectivity index (χ2n) is 24.6. The molecule has 8 heteroatoms. The molecule has 0 atom stereocenters. The molecule has 18 rings (SSSR count). The first-order valence-electron chi connectivity index (χ1n) is 32.5. The molecule has 14 aromatic carbocycles. The van der Waals surface area contributed by atoms with Crippen LogP contribution in [-0.4, -0.2) is 26.2 Å². The first-order valence-corrected chi connectivity index (χ1v) is 32.5. The fraction of sp³-hybridized carbons (Fsp3) is 0. The van der Waals surface area contributed by atoms with Gasteiger partial charge in [-0.15, -0.1) is 0 Å². The Morgan fingerprint density at radius 2 is 0.625 bits per heavy atom. The van der Waals surface area contributed by atoms with Crippen LogP contribution in [-0.2, 0) is 0 Å². The molecule has 2 aliphatic rings. The molecule has 0 unspecified atom stereocenters. The van der Waals surface area contributed by atoms with Crippen molar-refractivity contribution in [2.75, 3.05) is 9.80 Å². The molecule has 0 saturated heterocycles. The van der Waals surface area contributed by atoms with Crippen molar-refractivity contribution in [3.05, 3.63) is 345 Å². The molecule has 0 fully saturated rings. The summed E-state index contributed by atoms with van der Waals surface area (Å²) < 4.78 is 2.24. The summed E-state index contributed by atoms with van der Waals surface area (Å²) in [4.78, 5) is 20.3. The number of nitrogens with zero attached hydrogens (tertiary/aromatic N) is 7. The van der Waals surface area contributed by atoms with Gasteiger partial charge in [0.1, 0.15) is 6.07 Å². The Kier molecular flexibility index (Phi) is 13.6. The van der Waals surface area contributed by atoms with Gasteiger partial charge in [-0.2, -0.15) is 5.26 Å². The van der Waals surface area contributed by atoms with Crippen molar-refractivity contribution in [3.63, 3.8) is 0 Å². The van der Waals surface area contributed by atoms with Gasteiger partial charge in [-0.25, -0.2) is 15.0 Å². The van der Waals surface area contributed by atoms with Crippen LogP contribution in [0.5, 0.6) is 0 Å². The van der Waals surface area contributed by atoms with Crippen LogP contribution in [0.15, 0.2) is 340 Å². The molecule has 4 heterocycles.